The molecule has 0 amide bonds. The number of allylic oxidation sites excluding steroid dienone is 1. The third-order valence-electron chi connectivity index (χ3n) is 1.73. The first-order chi connectivity index (χ1) is 6.33. The van der Waals surface area contributed by atoms with E-state index in [1.54, 1.807) is 0 Å². The number of hydrogen-bond donors (Lipinski definition) is 1. The maximum Gasteiger partial charge on any atom is 0.0465 e. The molecule has 0 radical (unpaired) electrons. The van der Waals surface area contributed by atoms with E-state index in [1.807, 2.05) is 30.3 Å². The van der Waals surface area contributed by atoms with Crippen LogP contribution in [0.25, 0.3) is 0 Å². The molecule has 1 rings (SSSR count). The molecule has 13 heavy (non-hydrogen) atoms. The zero-order chi connectivity index (χ0) is 9.52. The van der Waals surface area contributed by atoms with Gasteiger partial charge in [-0.25, -0.2) is 0 Å². The number of halogens is 1. The third-order valence-corrected chi connectivity index (χ3v) is 1.98. The van der Waals surface area contributed by atoms with Gasteiger partial charge < -0.3 is 5.11 Å². The van der Waals surface area contributed by atoms with Gasteiger partial charge in [0, 0.05) is 11.6 Å². The van der Waals surface area contributed by atoms with Gasteiger partial charge >= 0.3 is 0 Å². The second kappa shape index (κ2) is 5.79. The topological polar surface area (TPSA) is 20.2 Å². The molecule has 0 aromatic heterocycles. The van der Waals surface area contributed by atoms with Crippen molar-refractivity contribution in [2.45, 2.75) is 12.8 Å². The highest BCUT2D eigenvalue weighted by molar-refractivity contribution is 6.30. The lowest BCUT2D eigenvalue weighted by Gasteiger charge is -1.95. The molecule has 0 bridgehead atoms. The summed E-state index contributed by atoms with van der Waals surface area (Å²) in [5, 5.41) is 9.30. The van der Waals surface area contributed by atoms with Crippen LogP contribution in [-0.4, -0.2) is 11.7 Å². The second-order valence-electron chi connectivity index (χ2n) is 2.81. The highest BCUT2D eigenvalue weighted by Crippen LogP contribution is 2.10. The molecule has 0 saturated carbocycles. The fraction of sp³-hybridized carbons (Fsp3) is 0.273. The van der Waals surface area contributed by atoms with Crippen LogP contribution in [-0.2, 0) is 6.42 Å². The van der Waals surface area contributed by atoms with Crippen molar-refractivity contribution in [3.63, 3.8) is 0 Å². The van der Waals surface area contributed by atoms with Crippen molar-refractivity contribution in [3.05, 3.63) is 47.0 Å². The Bertz CT molecular complexity index is 264. The number of benzene rings is 1. The van der Waals surface area contributed by atoms with Crippen molar-refractivity contribution in [3.8, 4) is 0 Å². The molecular weight excluding hydrogens is 184 g/mol. The Labute approximate surface area is 83.7 Å². The number of aliphatic hydroxyl groups excluding tert-OH is 1. The van der Waals surface area contributed by atoms with Crippen molar-refractivity contribution < 1.29 is 5.11 Å². The molecule has 0 unspecified atom stereocenters. The van der Waals surface area contributed by atoms with Crippen LogP contribution in [0.5, 0.6) is 0 Å². The number of aliphatic hydroxyl groups is 1. The molecule has 0 atom stereocenters. The Morgan fingerprint density at radius 3 is 2.46 bits per heavy atom. The molecule has 2 heteroatoms. The molecule has 1 N–H and O–H groups in total. The summed E-state index contributed by atoms with van der Waals surface area (Å²) in [4.78, 5) is 0. The summed E-state index contributed by atoms with van der Waals surface area (Å²) < 4.78 is 0. The predicted octanol–water partition coefficient (Wildman–Crippen LogP) is 2.82. The van der Waals surface area contributed by atoms with Crippen LogP contribution >= 0.6 is 11.6 Å². The summed E-state index contributed by atoms with van der Waals surface area (Å²) >= 11 is 5.74. The average Bonchev–Trinajstić information content (AvgIpc) is 2.15. The van der Waals surface area contributed by atoms with Crippen LogP contribution in [0.4, 0.5) is 0 Å². The Balaban J connectivity index is 2.41. The first-order valence-corrected chi connectivity index (χ1v) is 4.71. The summed E-state index contributed by atoms with van der Waals surface area (Å²) in [5.41, 5.74) is 1.23. The standard InChI is InChI=1S/C11H13ClO/c12-11-7-5-10(6-8-11)4-2-1-3-9-13/h1-2,5-8,13H,3-4,9H2/b2-1+. The third kappa shape index (κ3) is 4.11. The zero-order valence-corrected chi connectivity index (χ0v) is 8.17. The van der Waals surface area contributed by atoms with Crippen molar-refractivity contribution >= 4 is 11.6 Å². The van der Waals surface area contributed by atoms with Crippen LogP contribution in [0.1, 0.15) is 12.0 Å². The minimum atomic E-state index is 0.219. The van der Waals surface area contributed by atoms with E-state index >= 15 is 0 Å². The van der Waals surface area contributed by atoms with E-state index in [9.17, 15) is 0 Å². The molecule has 70 valence electrons. The quantitative estimate of drug-likeness (QED) is 0.735. The first kappa shape index (κ1) is 10.3. The van der Waals surface area contributed by atoms with Crippen LogP contribution in [0.3, 0.4) is 0 Å². The number of rotatable bonds is 4. The van der Waals surface area contributed by atoms with E-state index < -0.39 is 0 Å². The molecular formula is C11H13ClO. The summed E-state index contributed by atoms with van der Waals surface area (Å²) in [7, 11) is 0. The van der Waals surface area contributed by atoms with Crippen molar-refractivity contribution in [1.82, 2.24) is 0 Å². The van der Waals surface area contributed by atoms with Crippen molar-refractivity contribution in [1.29, 1.82) is 0 Å². The lowest BCUT2D eigenvalue weighted by atomic mass is 10.1. The maximum atomic E-state index is 8.53. The van der Waals surface area contributed by atoms with Crippen LogP contribution in [0.2, 0.25) is 5.02 Å². The minimum absolute atomic E-state index is 0.219. The molecule has 0 saturated heterocycles. The molecule has 1 aromatic carbocycles. The molecule has 0 fully saturated rings. The second-order valence-corrected chi connectivity index (χ2v) is 3.25. The smallest absolute Gasteiger partial charge is 0.0465 e. The van der Waals surface area contributed by atoms with Crippen LogP contribution in [0, 0.1) is 0 Å². The van der Waals surface area contributed by atoms with Gasteiger partial charge in [-0.05, 0) is 30.5 Å². The SMILES string of the molecule is OCC/C=C/Cc1ccc(Cl)cc1. The monoisotopic (exact) mass is 196 g/mol. The van der Waals surface area contributed by atoms with Gasteiger partial charge in [0.15, 0.2) is 0 Å². The van der Waals surface area contributed by atoms with Gasteiger partial charge in [-0.3, -0.25) is 0 Å². The van der Waals surface area contributed by atoms with Gasteiger partial charge in [0.1, 0.15) is 0 Å². The van der Waals surface area contributed by atoms with E-state index in [0.29, 0.717) is 0 Å². The normalized spacial score (nSPS) is 10.9. The Morgan fingerprint density at radius 1 is 1.15 bits per heavy atom. The molecule has 0 spiro atoms. The average molecular weight is 197 g/mol. The van der Waals surface area contributed by atoms with Gasteiger partial charge in [-0.15, -0.1) is 0 Å². The highest BCUT2D eigenvalue weighted by atomic mass is 35.5. The van der Waals surface area contributed by atoms with Gasteiger partial charge in [-0.1, -0.05) is 35.9 Å². The van der Waals surface area contributed by atoms with Crippen LogP contribution in [0.15, 0.2) is 36.4 Å². The van der Waals surface area contributed by atoms with Gasteiger partial charge in [0.25, 0.3) is 0 Å². The Kier molecular flexibility index (Phi) is 4.58. The van der Waals surface area contributed by atoms with Crippen molar-refractivity contribution in [2.24, 2.45) is 0 Å². The lowest BCUT2D eigenvalue weighted by molar-refractivity contribution is 0.302. The lowest BCUT2D eigenvalue weighted by Crippen LogP contribution is -1.80. The highest BCUT2D eigenvalue weighted by Gasteiger charge is 1.88. The molecule has 0 aliphatic carbocycles. The summed E-state index contributed by atoms with van der Waals surface area (Å²) in [5.74, 6) is 0. The summed E-state index contributed by atoms with van der Waals surface area (Å²) in [6.45, 7) is 0.219. The largest absolute Gasteiger partial charge is 0.396 e. The van der Waals surface area contributed by atoms with Gasteiger partial charge in [0.05, 0.1) is 0 Å². The van der Waals surface area contributed by atoms with Gasteiger partial charge in [-0.2, -0.15) is 0 Å². The Hall–Kier alpha value is -0.790. The first-order valence-electron chi connectivity index (χ1n) is 4.33. The zero-order valence-electron chi connectivity index (χ0n) is 7.41. The van der Waals surface area contributed by atoms with Crippen LogP contribution < -0.4 is 0 Å². The molecule has 1 nitrogen and oxygen atoms in total. The van der Waals surface area contributed by atoms with E-state index in [1.165, 1.54) is 5.56 Å². The predicted molar refractivity (Wildman–Crippen MR) is 56.0 cm³/mol. The van der Waals surface area contributed by atoms with E-state index in [0.717, 1.165) is 17.9 Å². The molecule has 0 aliphatic heterocycles. The van der Waals surface area contributed by atoms with E-state index in [-0.39, 0.29) is 6.61 Å². The van der Waals surface area contributed by atoms with Gasteiger partial charge in [0.2, 0.25) is 0 Å². The molecule has 0 heterocycles. The summed E-state index contributed by atoms with van der Waals surface area (Å²) in [6.07, 6.45) is 5.67. The Morgan fingerprint density at radius 2 is 1.85 bits per heavy atom. The number of hydrogen-bond acceptors (Lipinski definition) is 1. The fourth-order valence-corrected chi connectivity index (χ4v) is 1.16. The summed E-state index contributed by atoms with van der Waals surface area (Å²) in [6, 6.07) is 7.78. The van der Waals surface area contributed by atoms with E-state index in [4.69, 9.17) is 16.7 Å². The molecule has 1 aromatic rings. The maximum absolute atomic E-state index is 8.53. The fourth-order valence-electron chi connectivity index (χ4n) is 1.03. The van der Waals surface area contributed by atoms with Crippen molar-refractivity contribution in [2.75, 3.05) is 6.61 Å². The van der Waals surface area contributed by atoms with E-state index in [2.05, 4.69) is 6.08 Å². The molecule has 0 aliphatic rings. The minimum Gasteiger partial charge on any atom is -0.396 e.